The highest BCUT2D eigenvalue weighted by Gasteiger charge is 2.54. The Hall–Kier alpha value is -1.98. The standard InChI is InChI=1S/C16H22N2O4/c1-7-12-15(3,4)10-8-11(17(19)20)9(2)14(18(21)22)13(10)16(12,5)6/h8,12H,7H2,1-6H3. The van der Waals surface area contributed by atoms with E-state index in [0.29, 0.717) is 5.56 Å². The topological polar surface area (TPSA) is 86.3 Å². The number of nitro benzene ring substituents is 2. The van der Waals surface area contributed by atoms with E-state index >= 15 is 0 Å². The Morgan fingerprint density at radius 1 is 1.09 bits per heavy atom. The number of hydrogen-bond donors (Lipinski definition) is 0. The Bertz CT molecular complexity index is 677. The molecule has 1 aliphatic carbocycles. The van der Waals surface area contributed by atoms with Gasteiger partial charge in [-0.05, 0) is 23.8 Å². The fourth-order valence-electron chi connectivity index (χ4n) is 4.62. The summed E-state index contributed by atoms with van der Waals surface area (Å²) in [5.74, 6) is 0.190. The molecule has 0 N–H and O–H groups in total. The Kier molecular flexibility index (Phi) is 3.55. The van der Waals surface area contributed by atoms with Crippen LogP contribution >= 0.6 is 0 Å². The molecule has 0 saturated heterocycles. The third-order valence-electron chi connectivity index (χ3n) is 5.39. The Balaban J connectivity index is 2.98. The summed E-state index contributed by atoms with van der Waals surface area (Å²) in [5.41, 5.74) is 0.580. The van der Waals surface area contributed by atoms with E-state index in [4.69, 9.17) is 0 Å². The van der Waals surface area contributed by atoms with Crippen molar-refractivity contribution in [1.82, 2.24) is 0 Å². The number of nitrogens with zero attached hydrogens (tertiary/aromatic N) is 2. The van der Waals surface area contributed by atoms with Crippen molar-refractivity contribution in [2.45, 2.75) is 58.8 Å². The lowest BCUT2D eigenvalue weighted by Crippen LogP contribution is -2.33. The maximum absolute atomic E-state index is 11.6. The first-order valence-electron chi connectivity index (χ1n) is 7.45. The Morgan fingerprint density at radius 3 is 2.05 bits per heavy atom. The fraction of sp³-hybridized carbons (Fsp3) is 0.625. The summed E-state index contributed by atoms with van der Waals surface area (Å²) in [7, 11) is 0. The van der Waals surface area contributed by atoms with Gasteiger partial charge in [0.05, 0.1) is 9.85 Å². The van der Waals surface area contributed by atoms with E-state index in [0.717, 1.165) is 12.0 Å². The third-order valence-corrected chi connectivity index (χ3v) is 5.39. The zero-order chi connectivity index (χ0) is 17.0. The number of benzene rings is 1. The quantitative estimate of drug-likeness (QED) is 0.611. The lowest BCUT2D eigenvalue weighted by molar-refractivity contribution is -0.395. The molecule has 22 heavy (non-hydrogen) atoms. The second-order valence-electron chi connectivity index (χ2n) is 7.21. The van der Waals surface area contributed by atoms with Gasteiger partial charge in [0, 0.05) is 17.0 Å². The molecule has 120 valence electrons. The van der Waals surface area contributed by atoms with E-state index < -0.39 is 15.3 Å². The average molecular weight is 306 g/mol. The van der Waals surface area contributed by atoms with Crippen LogP contribution in [-0.2, 0) is 10.8 Å². The molecule has 0 saturated carbocycles. The molecule has 2 rings (SSSR count). The van der Waals surface area contributed by atoms with Gasteiger partial charge in [-0.2, -0.15) is 0 Å². The summed E-state index contributed by atoms with van der Waals surface area (Å²) in [6, 6.07) is 1.55. The van der Waals surface area contributed by atoms with Crippen molar-refractivity contribution in [3.05, 3.63) is 43.0 Å². The summed E-state index contributed by atoms with van der Waals surface area (Å²) in [6.07, 6.45) is 0.860. The first-order chi connectivity index (χ1) is 9.97. The highest BCUT2D eigenvalue weighted by molar-refractivity contribution is 5.67. The van der Waals surface area contributed by atoms with Crippen molar-refractivity contribution in [2.24, 2.45) is 5.92 Å². The van der Waals surface area contributed by atoms with Crippen LogP contribution in [0.3, 0.4) is 0 Å². The van der Waals surface area contributed by atoms with Crippen molar-refractivity contribution in [3.8, 4) is 0 Å². The summed E-state index contributed by atoms with van der Waals surface area (Å²) < 4.78 is 0. The van der Waals surface area contributed by atoms with Crippen LogP contribution in [0.1, 0.15) is 57.7 Å². The van der Waals surface area contributed by atoms with Crippen molar-refractivity contribution < 1.29 is 9.85 Å². The van der Waals surface area contributed by atoms with Crippen LogP contribution in [0.2, 0.25) is 0 Å². The maximum Gasteiger partial charge on any atom is 0.283 e. The van der Waals surface area contributed by atoms with Crippen molar-refractivity contribution in [3.63, 3.8) is 0 Å². The normalized spacial score (nSPS) is 21.5. The first kappa shape index (κ1) is 16.4. The highest BCUT2D eigenvalue weighted by Crippen LogP contribution is 2.59. The number of fused-ring (bicyclic) bond motifs is 1. The molecular weight excluding hydrogens is 284 g/mol. The van der Waals surface area contributed by atoms with Gasteiger partial charge in [0.15, 0.2) is 0 Å². The van der Waals surface area contributed by atoms with Crippen LogP contribution in [0.5, 0.6) is 0 Å². The molecule has 0 aromatic heterocycles. The smallest absolute Gasteiger partial charge is 0.258 e. The molecule has 1 aromatic carbocycles. The van der Waals surface area contributed by atoms with Gasteiger partial charge in [0.2, 0.25) is 0 Å². The summed E-state index contributed by atoms with van der Waals surface area (Å²) in [6.45, 7) is 11.6. The second kappa shape index (κ2) is 4.76. The van der Waals surface area contributed by atoms with Gasteiger partial charge in [-0.1, -0.05) is 41.0 Å². The largest absolute Gasteiger partial charge is 0.283 e. The molecule has 0 radical (unpaired) electrons. The Morgan fingerprint density at radius 2 is 1.64 bits per heavy atom. The Labute approximate surface area is 129 Å². The summed E-state index contributed by atoms with van der Waals surface area (Å²) >= 11 is 0. The van der Waals surface area contributed by atoms with Crippen LogP contribution in [0.15, 0.2) is 6.07 Å². The lowest BCUT2D eigenvalue weighted by atomic mass is 9.69. The van der Waals surface area contributed by atoms with E-state index in [2.05, 4.69) is 6.92 Å². The van der Waals surface area contributed by atoms with Crippen LogP contribution in [-0.4, -0.2) is 9.85 Å². The summed E-state index contributed by atoms with van der Waals surface area (Å²) in [5, 5.41) is 22.9. The van der Waals surface area contributed by atoms with E-state index in [9.17, 15) is 20.2 Å². The third kappa shape index (κ3) is 1.93. The number of hydrogen-bond acceptors (Lipinski definition) is 4. The van der Waals surface area contributed by atoms with Crippen LogP contribution in [0.25, 0.3) is 0 Å². The minimum atomic E-state index is -0.523. The minimum absolute atomic E-state index is 0.0850. The molecule has 6 nitrogen and oxygen atoms in total. The van der Waals surface area contributed by atoms with E-state index in [-0.39, 0.29) is 28.3 Å². The van der Waals surface area contributed by atoms with Gasteiger partial charge in [-0.15, -0.1) is 0 Å². The molecule has 0 heterocycles. The molecular formula is C16H22N2O4. The van der Waals surface area contributed by atoms with Crippen molar-refractivity contribution >= 4 is 11.4 Å². The highest BCUT2D eigenvalue weighted by atomic mass is 16.6. The zero-order valence-corrected chi connectivity index (χ0v) is 13.9. The molecule has 0 bridgehead atoms. The maximum atomic E-state index is 11.6. The van der Waals surface area contributed by atoms with Gasteiger partial charge in [-0.3, -0.25) is 20.2 Å². The van der Waals surface area contributed by atoms with Crippen LogP contribution in [0.4, 0.5) is 11.4 Å². The van der Waals surface area contributed by atoms with Crippen molar-refractivity contribution in [2.75, 3.05) is 0 Å². The number of rotatable bonds is 3. The number of nitro groups is 2. The monoisotopic (exact) mass is 306 g/mol. The predicted octanol–water partition coefficient (Wildman–Crippen LogP) is 4.41. The van der Waals surface area contributed by atoms with Gasteiger partial charge in [0.1, 0.15) is 5.56 Å². The zero-order valence-electron chi connectivity index (χ0n) is 13.9. The molecule has 1 aliphatic rings. The van der Waals surface area contributed by atoms with Gasteiger partial charge < -0.3 is 0 Å². The molecule has 1 atom stereocenters. The molecule has 0 spiro atoms. The van der Waals surface area contributed by atoms with Gasteiger partial charge >= 0.3 is 0 Å². The molecule has 1 unspecified atom stereocenters. The molecule has 0 aliphatic heterocycles. The van der Waals surface area contributed by atoms with E-state index in [1.807, 2.05) is 27.7 Å². The molecule has 6 heteroatoms. The molecule has 1 aromatic rings. The van der Waals surface area contributed by atoms with Crippen molar-refractivity contribution in [1.29, 1.82) is 0 Å². The van der Waals surface area contributed by atoms with E-state index in [1.54, 1.807) is 6.07 Å². The van der Waals surface area contributed by atoms with Gasteiger partial charge in [0.25, 0.3) is 11.4 Å². The van der Waals surface area contributed by atoms with E-state index in [1.165, 1.54) is 6.92 Å². The SMILES string of the molecule is CCC1C(C)(C)c2cc([N+](=O)[O-])c(C)c([N+](=O)[O-])c2C1(C)C. The second-order valence-corrected chi connectivity index (χ2v) is 7.21. The van der Waals surface area contributed by atoms with Crippen LogP contribution < -0.4 is 0 Å². The lowest BCUT2D eigenvalue weighted by Gasteiger charge is -2.35. The molecule has 0 fully saturated rings. The summed E-state index contributed by atoms with van der Waals surface area (Å²) in [4.78, 5) is 22.0. The molecule has 0 amide bonds. The van der Waals surface area contributed by atoms with Crippen LogP contribution in [0, 0.1) is 33.1 Å². The fourth-order valence-corrected chi connectivity index (χ4v) is 4.62. The average Bonchev–Trinajstić information content (AvgIpc) is 2.50. The van der Waals surface area contributed by atoms with Gasteiger partial charge in [-0.25, -0.2) is 0 Å². The minimum Gasteiger partial charge on any atom is -0.258 e. The first-order valence-corrected chi connectivity index (χ1v) is 7.45. The predicted molar refractivity (Wildman–Crippen MR) is 84.3 cm³/mol.